The fourth-order valence-corrected chi connectivity index (χ4v) is 4.96. The third kappa shape index (κ3) is 4.19. The van der Waals surface area contributed by atoms with Gasteiger partial charge in [-0.2, -0.15) is 0 Å². The maximum atomic E-state index is 12.6. The second-order valence-electron chi connectivity index (χ2n) is 7.56. The van der Waals surface area contributed by atoms with Crippen molar-refractivity contribution in [1.82, 2.24) is 9.62 Å². The minimum absolute atomic E-state index is 0.241. The standard InChI is InChI=1S/C19H30N2O2S/c1-15-9-11-21(12-10-15)16(2)14-20-24(22,23)19-8-7-17-5-3-4-6-18(17)13-19/h7-8,13,15-16,20H,3-6,9-12,14H2,1-2H3/t16-/m0/s1. The predicted octanol–water partition coefficient (Wildman–Crippen LogP) is 2.96. The van der Waals surface area contributed by atoms with Gasteiger partial charge in [-0.3, -0.25) is 4.90 Å². The van der Waals surface area contributed by atoms with Gasteiger partial charge < -0.3 is 0 Å². The summed E-state index contributed by atoms with van der Waals surface area (Å²) in [6.07, 6.45) is 6.87. The van der Waals surface area contributed by atoms with Crippen molar-refractivity contribution >= 4 is 10.0 Å². The van der Waals surface area contributed by atoms with Crippen LogP contribution in [0.1, 0.15) is 50.7 Å². The van der Waals surface area contributed by atoms with E-state index >= 15 is 0 Å². The Balaban J connectivity index is 1.61. The first-order valence-electron chi connectivity index (χ1n) is 9.31. The van der Waals surface area contributed by atoms with Gasteiger partial charge in [0.05, 0.1) is 4.90 Å². The molecule has 1 atom stereocenters. The number of sulfonamides is 1. The second kappa shape index (κ2) is 7.54. The molecule has 0 radical (unpaired) electrons. The van der Waals surface area contributed by atoms with E-state index in [0.29, 0.717) is 11.4 Å². The quantitative estimate of drug-likeness (QED) is 0.888. The SMILES string of the molecule is CC1CCN([C@@H](C)CNS(=O)(=O)c2ccc3c(c2)CCCC3)CC1. The highest BCUT2D eigenvalue weighted by Crippen LogP contribution is 2.24. The van der Waals surface area contributed by atoms with E-state index in [2.05, 4.69) is 23.5 Å². The summed E-state index contributed by atoms with van der Waals surface area (Å²) in [4.78, 5) is 2.82. The topological polar surface area (TPSA) is 49.4 Å². The van der Waals surface area contributed by atoms with Crippen molar-refractivity contribution in [2.75, 3.05) is 19.6 Å². The summed E-state index contributed by atoms with van der Waals surface area (Å²) in [5.74, 6) is 0.792. The number of hydrogen-bond acceptors (Lipinski definition) is 3. The van der Waals surface area contributed by atoms with Gasteiger partial charge in [0.25, 0.3) is 0 Å². The van der Waals surface area contributed by atoms with Gasteiger partial charge in [-0.15, -0.1) is 0 Å². The fraction of sp³-hybridized carbons (Fsp3) is 0.684. The average Bonchev–Trinajstić information content (AvgIpc) is 2.60. The van der Waals surface area contributed by atoms with E-state index in [-0.39, 0.29) is 6.04 Å². The van der Waals surface area contributed by atoms with Crippen molar-refractivity contribution in [3.63, 3.8) is 0 Å². The zero-order chi connectivity index (χ0) is 17.2. The van der Waals surface area contributed by atoms with Gasteiger partial charge in [-0.25, -0.2) is 13.1 Å². The Hall–Kier alpha value is -0.910. The lowest BCUT2D eigenvalue weighted by atomic mass is 9.92. The smallest absolute Gasteiger partial charge is 0.240 e. The molecule has 24 heavy (non-hydrogen) atoms. The zero-order valence-electron chi connectivity index (χ0n) is 14.9. The van der Waals surface area contributed by atoms with Gasteiger partial charge in [0.1, 0.15) is 0 Å². The molecular weight excluding hydrogens is 320 g/mol. The summed E-state index contributed by atoms with van der Waals surface area (Å²) in [7, 11) is -3.41. The Morgan fingerprint density at radius 2 is 1.83 bits per heavy atom. The number of fused-ring (bicyclic) bond motifs is 1. The number of likely N-dealkylation sites (tertiary alicyclic amines) is 1. The highest BCUT2D eigenvalue weighted by molar-refractivity contribution is 7.89. The molecule has 1 aromatic carbocycles. The molecule has 1 heterocycles. The lowest BCUT2D eigenvalue weighted by molar-refractivity contribution is 0.148. The summed E-state index contributed by atoms with van der Waals surface area (Å²) in [5, 5.41) is 0. The molecule has 3 rings (SSSR count). The first-order valence-corrected chi connectivity index (χ1v) is 10.8. The first-order chi connectivity index (χ1) is 11.5. The van der Waals surface area contributed by atoms with Gasteiger partial charge in [-0.1, -0.05) is 13.0 Å². The van der Waals surface area contributed by atoms with Crippen molar-refractivity contribution in [3.05, 3.63) is 29.3 Å². The molecule has 0 aromatic heterocycles. The predicted molar refractivity (Wildman–Crippen MR) is 97.7 cm³/mol. The maximum Gasteiger partial charge on any atom is 0.240 e. The van der Waals surface area contributed by atoms with E-state index in [1.54, 1.807) is 6.07 Å². The molecule has 0 saturated carbocycles. The molecule has 1 aromatic rings. The number of hydrogen-bond donors (Lipinski definition) is 1. The monoisotopic (exact) mass is 350 g/mol. The average molecular weight is 351 g/mol. The first kappa shape index (κ1) is 17.9. The maximum absolute atomic E-state index is 12.6. The van der Waals surface area contributed by atoms with Crippen LogP contribution in [0, 0.1) is 5.92 Å². The minimum atomic E-state index is -3.41. The Morgan fingerprint density at radius 3 is 2.54 bits per heavy atom. The highest BCUT2D eigenvalue weighted by Gasteiger charge is 2.23. The Labute approximate surface area is 146 Å². The molecule has 2 aliphatic rings. The van der Waals surface area contributed by atoms with Gasteiger partial charge in [0.2, 0.25) is 10.0 Å². The van der Waals surface area contributed by atoms with Crippen LogP contribution in [0.15, 0.2) is 23.1 Å². The van der Waals surface area contributed by atoms with Crippen molar-refractivity contribution in [2.45, 2.75) is 63.3 Å². The van der Waals surface area contributed by atoms with Crippen molar-refractivity contribution in [2.24, 2.45) is 5.92 Å². The lowest BCUT2D eigenvalue weighted by Gasteiger charge is -2.35. The van der Waals surface area contributed by atoms with Crippen LogP contribution >= 0.6 is 0 Å². The third-order valence-corrected chi connectivity index (χ3v) is 7.06. The Bertz CT molecular complexity index is 664. The van der Waals surface area contributed by atoms with E-state index in [4.69, 9.17) is 0 Å². The van der Waals surface area contributed by atoms with Crippen LogP contribution in [0.3, 0.4) is 0 Å². The van der Waals surface area contributed by atoms with E-state index in [1.165, 1.54) is 30.4 Å². The van der Waals surface area contributed by atoms with Crippen LogP contribution in [0.2, 0.25) is 0 Å². The molecule has 0 amide bonds. The number of nitrogens with one attached hydrogen (secondary N) is 1. The molecule has 5 heteroatoms. The number of nitrogens with zero attached hydrogens (tertiary/aromatic N) is 1. The molecular formula is C19H30N2O2S. The zero-order valence-corrected chi connectivity index (χ0v) is 15.7. The molecule has 0 spiro atoms. The molecule has 0 bridgehead atoms. The molecule has 4 nitrogen and oxygen atoms in total. The number of benzene rings is 1. The largest absolute Gasteiger partial charge is 0.299 e. The highest BCUT2D eigenvalue weighted by atomic mass is 32.2. The lowest BCUT2D eigenvalue weighted by Crippen LogP contribution is -2.45. The van der Waals surface area contributed by atoms with Crippen LogP contribution in [0.4, 0.5) is 0 Å². The van der Waals surface area contributed by atoms with Crippen LogP contribution in [0.25, 0.3) is 0 Å². The fourth-order valence-electron chi connectivity index (χ4n) is 3.79. The van der Waals surface area contributed by atoms with Crippen LogP contribution < -0.4 is 4.72 Å². The van der Waals surface area contributed by atoms with Crippen LogP contribution in [-0.4, -0.2) is 39.0 Å². The van der Waals surface area contributed by atoms with Crippen LogP contribution in [-0.2, 0) is 22.9 Å². The van der Waals surface area contributed by atoms with Crippen LogP contribution in [0.5, 0.6) is 0 Å². The van der Waals surface area contributed by atoms with Gasteiger partial charge in [0, 0.05) is 12.6 Å². The van der Waals surface area contributed by atoms with Gasteiger partial charge in [-0.05, 0) is 87.7 Å². The Kier molecular flexibility index (Phi) is 5.63. The molecule has 0 unspecified atom stereocenters. The third-order valence-electron chi connectivity index (χ3n) is 5.64. The summed E-state index contributed by atoms with van der Waals surface area (Å²) in [6.45, 7) is 7.03. The molecule has 1 N–H and O–H groups in total. The number of aryl methyl sites for hydroxylation is 2. The van der Waals surface area contributed by atoms with E-state index in [1.807, 2.05) is 12.1 Å². The minimum Gasteiger partial charge on any atom is -0.299 e. The van der Waals surface area contributed by atoms with Gasteiger partial charge >= 0.3 is 0 Å². The van der Waals surface area contributed by atoms with E-state index in [0.717, 1.165) is 38.3 Å². The molecule has 1 aliphatic heterocycles. The molecule has 1 aliphatic carbocycles. The van der Waals surface area contributed by atoms with E-state index in [9.17, 15) is 8.42 Å². The summed E-state index contributed by atoms with van der Waals surface area (Å²) in [6, 6.07) is 5.88. The number of rotatable bonds is 5. The molecule has 1 fully saturated rings. The molecule has 134 valence electrons. The van der Waals surface area contributed by atoms with Crippen molar-refractivity contribution in [3.8, 4) is 0 Å². The van der Waals surface area contributed by atoms with E-state index < -0.39 is 10.0 Å². The summed E-state index contributed by atoms with van der Waals surface area (Å²) in [5.41, 5.74) is 2.53. The van der Waals surface area contributed by atoms with Crippen molar-refractivity contribution in [1.29, 1.82) is 0 Å². The Morgan fingerprint density at radius 1 is 1.17 bits per heavy atom. The molecule has 1 saturated heterocycles. The summed E-state index contributed by atoms with van der Waals surface area (Å²) >= 11 is 0. The number of piperidine rings is 1. The summed E-state index contributed by atoms with van der Waals surface area (Å²) < 4.78 is 28.1. The second-order valence-corrected chi connectivity index (χ2v) is 9.32. The van der Waals surface area contributed by atoms with Crippen molar-refractivity contribution < 1.29 is 8.42 Å². The normalized spacial score (nSPS) is 21.4. The van der Waals surface area contributed by atoms with Gasteiger partial charge in [0.15, 0.2) is 0 Å².